The molecule has 94 valence electrons. The lowest BCUT2D eigenvalue weighted by atomic mass is 10.3. The summed E-state index contributed by atoms with van der Waals surface area (Å²) in [5.41, 5.74) is 1.07. The number of benzene rings is 1. The molecule has 1 aromatic carbocycles. The normalized spacial score (nSPS) is 10.3. The number of anilines is 1. The molecule has 1 heterocycles. The van der Waals surface area contributed by atoms with Crippen LogP contribution >= 0.6 is 11.8 Å². The zero-order chi connectivity index (χ0) is 12.6. The molecule has 0 aliphatic carbocycles. The van der Waals surface area contributed by atoms with E-state index in [9.17, 15) is 0 Å². The Bertz CT molecular complexity index is 473. The molecule has 0 fully saturated rings. The molecule has 0 unspecified atom stereocenters. The summed E-state index contributed by atoms with van der Waals surface area (Å²) in [6.07, 6.45) is 2.56. The Hall–Kier alpha value is -1.55. The molecule has 4 heteroatoms. The van der Waals surface area contributed by atoms with Crippen molar-refractivity contribution in [3.63, 3.8) is 0 Å². The monoisotopic (exact) mass is 259 g/mol. The highest BCUT2D eigenvalue weighted by Gasteiger charge is 1.97. The number of thioether (sulfide) groups is 1. The van der Waals surface area contributed by atoms with Crippen LogP contribution in [-0.4, -0.2) is 22.3 Å². The summed E-state index contributed by atoms with van der Waals surface area (Å²) in [4.78, 5) is 9.68. The molecule has 18 heavy (non-hydrogen) atoms. The van der Waals surface area contributed by atoms with Crippen LogP contribution in [-0.2, 0) is 6.42 Å². The van der Waals surface area contributed by atoms with Crippen molar-refractivity contribution in [3.05, 3.63) is 48.4 Å². The Labute approximate surface area is 112 Å². The van der Waals surface area contributed by atoms with Crippen LogP contribution in [0.1, 0.15) is 12.6 Å². The molecule has 2 aromatic rings. The van der Waals surface area contributed by atoms with E-state index in [4.69, 9.17) is 0 Å². The van der Waals surface area contributed by atoms with Crippen molar-refractivity contribution >= 4 is 17.6 Å². The van der Waals surface area contributed by atoms with E-state index < -0.39 is 0 Å². The van der Waals surface area contributed by atoms with E-state index in [2.05, 4.69) is 46.5 Å². The fraction of sp³-hybridized carbons (Fsp3) is 0.286. The van der Waals surface area contributed by atoms with Gasteiger partial charge < -0.3 is 5.32 Å². The first-order chi connectivity index (χ1) is 8.88. The fourth-order valence-corrected chi connectivity index (χ4v) is 2.34. The Kier molecular flexibility index (Phi) is 5.02. The maximum atomic E-state index is 4.20. The van der Waals surface area contributed by atoms with Gasteiger partial charge in [0.2, 0.25) is 0 Å². The van der Waals surface area contributed by atoms with E-state index in [0.717, 1.165) is 30.2 Å². The van der Waals surface area contributed by atoms with E-state index in [-0.39, 0.29) is 0 Å². The van der Waals surface area contributed by atoms with Gasteiger partial charge in [-0.2, -0.15) is 0 Å². The minimum Gasteiger partial charge on any atom is -0.369 e. The smallest absolute Gasteiger partial charge is 0.129 e. The number of hydrogen-bond donors (Lipinski definition) is 1. The molecule has 0 aliphatic rings. The minimum absolute atomic E-state index is 0.903. The largest absolute Gasteiger partial charge is 0.369 e. The Balaban J connectivity index is 1.75. The Morgan fingerprint density at radius 3 is 2.78 bits per heavy atom. The van der Waals surface area contributed by atoms with Crippen molar-refractivity contribution in [3.8, 4) is 0 Å². The van der Waals surface area contributed by atoms with Crippen LogP contribution in [0.3, 0.4) is 0 Å². The van der Waals surface area contributed by atoms with Gasteiger partial charge in [-0.3, -0.25) is 0 Å². The summed E-state index contributed by atoms with van der Waals surface area (Å²) >= 11 is 1.84. The van der Waals surface area contributed by atoms with Crippen LogP contribution in [0.4, 0.5) is 5.82 Å². The highest BCUT2D eigenvalue weighted by Crippen LogP contribution is 2.16. The van der Waals surface area contributed by atoms with Crippen molar-refractivity contribution < 1.29 is 0 Å². The predicted octanol–water partition coefficient (Wildman–Crippen LogP) is 3.24. The van der Waals surface area contributed by atoms with Gasteiger partial charge in [0.1, 0.15) is 12.1 Å². The fourth-order valence-electron chi connectivity index (χ4n) is 1.55. The highest BCUT2D eigenvalue weighted by molar-refractivity contribution is 7.99. The second-order valence-corrected chi connectivity index (χ2v) is 5.00. The molecule has 2 rings (SSSR count). The van der Waals surface area contributed by atoms with E-state index >= 15 is 0 Å². The molecule has 0 atom stereocenters. The average molecular weight is 259 g/mol. The SMILES string of the molecule is CCc1cc(NCCSc2ccccc2)ncn1. The van der Waals surface area contributed by atoms with Gasteiger partial charge >= 0.3 is 0 Å². The second kappa shape index (κ2) is 7.01. The zero-order valence-corrected chi connectivity index (χ0v) is 11.3. The van der Waals surface area contributed by atoms with Crippen molar-refractivity contribution in [1.82, 2.24) is 9.97 Å². The summed E-state index contributed by atoms with van der Waals surface area (Å²) in [5.74, 6) is 1.94. The van der Waals surface area contributed by atoms with Crippen LogP contribution in [0.25, 0.3) is 0 Å². The number of hydrogen-bond acceptors (Lipinski definition) is 4. The van der Waals surface area contributed by atoms with E-state index in [1.807, 2.05) is 23.9 Å². The standard InChI is InChI=1S/C14H17N3S/c1-2-12-10-14(17-11-16-12)15-8-9-18-13-6-4-3-5-7-13/h3-7,10-11H,2,8-9H2,1H3,(H,15,16,17). The van der Waals surface area contributed by atoms with Gasteiger partial charge in [0, 0.05) is 29.0 Å². The van der Waals surface area contributed by atoms with Crippen LogP contribution in [0, 0.1) is 0 Å². The topological polar surface area (TPSA) is 37.8 Å². The van der Waals surface area contributed by atoms with Crippen LogP contribution < -0.4 is 5.32 Å². The molecule has 0 aliphatic heterocycles. The molecule has 0 saturated carbocycles. The van der Waals surface area contributed by atoms with Crippen LogP contribution in [0.15, 0.2) is 47.6 Å². The number of nitrogens with one attached hydrogen (secondary N) is 1. The first kappa shape index (κ1) is 12.9. The predicted molar refractivity (Wildman–Crippen MR) is 77.1 cm³/mol. The summed E-state index contributed by atoms with van der Waals surface area (Å²) < 4.78 is 0. The van der Waals surface area contributed by atoms with Gasteiger partial charge in [-0.15, -0.1) is 11.8 Å². The lowest BCUT2D eigenvalue weighted by Gasteiger charge is -2.06. The zero-order valence-electron chi connectivity index (χ0n) is 10.5. The Morgan fingerprint density at radius 1 is 1.17 bits per heavy atom. The third-order valence-corrected chi connectivity index (χ3v) is 3.52. The third-order valence-electron chi connectivity index (χ3n) is 2.51. The second-order valence-electron chi connectivity index (χ2n) is 3.84. The summed E-state index contributed by atoms with van der Waals surface area (Å²) in [5, 5.41) is 3.32. The molecule has 0 bridgehead atoms. The van der Waals surface area contributed by atoms with Crippen LogP contribution in [0.5, 0.6) is 0 Å². The van der Waals surface area contributed by atoms with Gasteiger partial charge in [-0.25, -0.2) is 9.97 Å². The molecule has 0 radical (unpaired) electrons. The van der Waals surface area contributed by atoms with Crippen molar-refractivity contribution in [2.75, 3.05) is 17.6 Å². The minimum atomic E-state index is 0.903. The van der Waals surface area contributed by atoms with Gasteiger partial charge in [0.25, 0.3) is 0 Å². The molecule has 0 amide bonds. The van der Waals surface area contributed by atoms with Gasteiger partial charge in [0.05, 0.1) is 0 Å². The van der Waals surface area contributed by atoms with E-state index in [1.54, 1.807) is 6.33 Å². The molecule has 1 N–H and O–H groups in total. The molecule has 3 nitrogen and oxygen atoms in total. The summed E-state index contributed by atoms with van der Waals surface area (Å²) in [6, 6.07) is 12.4. The van der Waals surface area contributed by atoms with Crippen molar-refractivity contribution in [1.29, 1.82) is 0 Å². The van der Waals surface area contributed by atoms with E-state index in [0.29, 0.717) is 0 Å². The van der Waals surface area contributed by atoms with Gasteiger partial charge in [-0.05, 0) is 18.6 Å². The quantitative estimate of drug-likeness (QED) is 0.638. The first-order valence-electron chi connectivity index (χ1n) is 6.11. The molecular weight excluding hydrogens is 242 g/mol. The Morgan fingerprint density at radius 2 is 2.00 bits per heavy atom. The lowest BCUT2D eigenvalue weighted by Crippen LogP contribution is -2.06. The van der Waals surface area contributed by atoms with Crippen molar-refractivity contribution in [2.24, 2.45) is 0 Å². The molecule has 0 spiro atoms. The highest BCUT2D eigenvalue weighted by atomic mass is 32.2. The maximum Gasteiger partial charge on any atom is 0.129 e. The summed E-state index contributed by atoms with van der Waals surface area (Å²) in [6.45, 7) is 3.00. The van der Waals surface area contributed by atoms with Gasteiger partial charge in [-0.1, -0.05) is 25.1 Å². The third kappa shape index (κ3) is 4.04. The number of nitrogens with zero attached hydrogens (tertiary/aromatic N) is 2. The maximum absolute atomic E-state index is 4.20. The van der Waals surface area contributed by atoms with E-state index in [1.165, 1.54) is 4.90 Å². The number of aryl methyl sites for hydroxylation is 1. The summed E-state index contributed by atoms with van der Waals surface area (Å²) in [7, 11) is 0. The lowest BCUT2D eigenvalue weighted by molar-refractivity contribution is 0.992. The first-order valence-corrected chi connectivity index (χ1v) is 7.09. The number of aromatic nitrogens is 2. The molecular formula is C14H17N3S. The molecule has 0 saturated heterocycles. The van der Waals surface area contributed by atoms with Crippen molar-refractivity contribution in [2.45, 2.75) is 18.2 Å². The number of rotatable bonds is 6. The molecule has 1 aromatic heterocycles. The average Bonchev–Trinajstić information content (AvgIpc) is 2.45. The van der Waals surface area contributed by atoms with Crippen LogP contribution in [0.2, 0.25) is 0 Å². The van der Waals surface area contributed by atoms with Gasteiger partial charge in [0.15, 0.2) is 0 Å².